The summed E-state index contributed by atoms with van der Waals surface area (Å²) in [6.45, 7) is 2.01. The normalized spacial score (nSPS) is 14.3. The number of hydrogen-bond donors (Lipinski definition) is 1. The zero-order chi connectivity index (χ0) is 23.4. The summed E-state index contributed by atoms with van der Waals surface area (Å²) in [4.78, 5) is 25.2. The van der Waals surface area contributed by atoms with E-state index in [1.807, 2.05) is 48.2 Å². The number of amides is 1. The summed E-state index contributed by atoms with van der Waals surface area (Å²) in [5, 5.41) is 14.7. The quantitative estimate of drug-likeness (QED) is 0.356. The van der Waals surface area contributed by atoms with E-state index in [0.717, 1.165) is 40.5 Å². The summed E-state index contributed by atoms with van der Waals surface area (Å²) in [5.74, 6) is 0.958. The molecule has 1 fully saturated rings. The molecular formula is C24H28N4O3S2. The van der Waals surface area contributed by atoms with E-state index in [1.165, 1.54) is 49.5 Å². The van der Waals surface area contributed by atoms with Gasteiger partial charge in [0.1, 0.15) is 16.4 Å². The Morgan fingerprint density at radius 2 is 1.91 bits per heavy atom. The van der Waals surface area contributed by atoms with Gasteiger partial charge in [-0.15, -0.1) is 21.5 Å². The smallest absolute Gasteiger partial charge is 0.341 e. The largest absolute Gasteiger partial charge is 0.465 e. The van der Waals surface area contributed by atoms with Crippen LogP contribution in [0.1, 0.15) is 59.8 Å². The first-order chi connectivity index (χ1) is 16.0. The van der Waals surface area contributed by atoms with Crippen molar-refractivity contribution >= 4 is 40.0 Å². The lowest BCUT2D eigenvalue weighted by Gasteiger charge is -2.20. The summed E-state index contributed by atoms with van der Waals surface area (Å²) in [6.07, 6.45) is 6.05. The molecule has 0 saturated heterocycles. The molecule has 4 rings (SSSR count). The van der Waals surface area contributed by atoms with Gasteiger partial charge >= 0.3 is 5.97 Å². The first-order valence-corrected chi connectivity index (χ1v) is 12.9. The molecule has 7 nitrogen and oxygen atoms in total. The summed E-state index contributed by atoms with van der Waals surface area (Å²) in [5.41, 5.74) is 3.17. The Hall–Kier alpha value is -2.65. The van der Waals surface area contributed by atoms with E-state index in [2.05, 4.69) is 15.5 Å². The van der Waals surface area contributed by atoms with Crippen molar-refractivity contribution in [1.29, 1.82) is 0 Å². The molecule has 9 heteroatoms. The average Bonchev–Trinajstić information content (AvgIpc) is 3.41. The molecular weight excluding hydrogens is 456 g/mol. The Morgan fingerprint density at radius 1 is 1.18 bits per heavy atom. The van der Waals surface area contributed by atoms with Crippen LogP contribution in [0.5, 0.6) is 0 Å². The van der Waals surface area contributed by atoms with Crippen LogP contribution >= 0.6 is 23.1 Å². The number of carbonyl (C=O) groups is 2. The number of ether oxygens (including phenoxy) is 1. The number of thiophene rings is 1. The zero-order valence-electron chi connectivity index (χ0n) is 19.1. The standard InChI is InChI=1S/C24H28N4O3S2/c1-15-9-11-16(12-10-15)18-13-32-22(20(18)23(30)31-3)25-19(29)14-33-24-27-26-21(28(24)2)17-7-5-4-6-8-17/h9-13,17H,4-8,14H2,1-3H3,(H,25,29). The SMILES string of the molecule is COC(=O)c1c(-c2ccc(C)cc2)csc1NC(=O)CSc1nnc(C2CCCCC2)n1C. The first-order valence-electron chi connectivity index (χ1n) is 11.1. The van der Waals surface area contributed by atoms with Gasteiger partial charge in [-0.2, -0.15) is 0 Å². The summed E-state index contributed by atoms with van der Waals surface area (Å²) < 4.78 is 7.01. The lowest BCUT2D eigenvalue weighted by Crippen LogP contribution is -2.16. The van der Waals surface area contributed by atoms with Gasteiger partial charge in [-0.25, -0.2) is 4.79 Å². The van der Waals surface area contributed by atoms with Crippen molar-refractivity contribution in [1.82, 2.24) is 14.8 Å². The van der Waals surface area contributed by atoms with Crippen LogP contribution in [0.15, 0.2) is 34.8 Å². The van der Waals surface area contributed by atoms with Crippen LogP contribution in [-0.4, -0.2) is 39.5 Å². The molecule has 2 heterocycles. The minimum absolute atomic E-state index is 0.176. The summed E-state index contributed by atoms with van der Waals surface area (Å²) >= 11 is 2.67. The van der Waals surface area contributed by atoms with Crippen LogP contribution in [0.3, 0.4) is 0 Å². The number of aromatic nitrogens is 3. The predicted octanol–water partition coefficient (Wildman–Crippen LogP) is 5.42. The van der Waals surface area contributed by atoms with Gasteiger partial charge < -0.3 is 14.6 Å². The fourth-order valence-corrected chi connectivity index (χ4v) is 5.85. The second-order valence-corrected chi connectivity index (χ2v) is 10.1. The van der Waals surface area contributed by atoms with Crippen LogP contribution in [0.2, 0.25) is 0 Å². The Labute approximate surface area is 201 Å². The Bertz CT molecular complexity index is 1130. The molecule has 2 aromatic heterocycles. The molecule has 0 spiro atoms. The van der Waals surface area contributed by atoms with Crippen LogP contribution < -0.4 is 5.32 Å². The minimum Gasteiger partial charge on any atom is -0.465 e. The highest BCUT2D eigenvalue weighted by molar-refractivity contribution is 7.99. The van der Waals surface area contributed by atoms with Crippen LogP contribution in [0.25, 0.3) is 11.1 Å². The number of esters is 1. The van der Waals surface area contributed by atoms with Crippen molar-refractivity contribution in [2.45, 2.75) is 50.1 Å². The van der Waals surface area contributed by atoms with Gasteiger partial charge in [-0.1, -0.05) is 60.9 Å². The van der Waals surface area contributed by atoms with Gasteiger partial charge in [0.2, 0.25) is 5.91 Å². The molecule has 1 N–H and O–H groups in total. The number of anilines is 1. The highest BCUT2D eigenvalue weighted by Crippen LogP contribution is 2.37. The average molecular weight is 485 g/mol. The molecule has 0 aliphatic heterocycles. The van der Waals surface area contributed by atoms with Gasteiger partial charge in [0, 0.05) is 23.9 Å². The van der Waals surface area contributed by atoms with Gasteiger partial charge in [-0.05, 0) is 25.3 Å². The molecule has 33 heavy (non-hydrogen) atoms. The van der Waals surface area contributed by atoms with E-state index in [9.17, 15) is 9.59 Å². The monoisotopic (exact) mass is 484 g/mol. The fraction of sp³-hybridized carbons (Fsp3) is 0.417. The third-order valence-corrected chi connectivity index (χ3v) is 7.88. The highest BCUT2D eigenvalue weighted by atomic mass is 32.2. The van der Waals surface area contributed by atoms with E-state index in [1.54, 1.807) is 0 Å². The maximum Gasteiger partial charge on any atom is 0.341 e. The van der Waals surface area contributed by atoms with Crippen molar-refractivity contribution in [2.24, 2.45) is 7.05 Å². The molecule has 1 aliphatic rings. The Balaban J connectivity index is 1.45. The number of rotatable bonds is 7. The number of hydrogen-bond acceptors (Lipinski definition) is 7. The highest BCUT2D eigenvalue weighted by Gasteiger charge is 2.24. The van der Waals surface area contributed by atoms with E-state index in [-0.39, 0.29) is 11.7 Å². The molecule has 0 unspecified atom stereocenters. The van der Waals surface area contributed by atoms with Crippen molar-refractivity contribution in [2.75, 3.05) is 18.2 Å². The maximum atomic E-state index is 12.7. The summed E-state index contributed by atoms with van der Waals surface area (Å²) in [7, 11) is 3.31. The Morgan fingerprint density at radius 3 is 2.61 bits per heavy atom. The molecule has 1 aromatic carbocycles. The molecule has 0 atom stereocenters. The van der Waals surface area contributed by atoms with Gasteiger partial charge in [-0.3, -0.25) is 4.79 Å². The minimum atomic E-state index is -0.472. The number of nitrogens with one attached hydrogen (secondary N) is 1. The zero-order valence-corrected chi connectivity index (χ0v) is 20.7. The number of benzene rings is 1. The number of aryl methyl sites for hydroxylation is 1. The van der Waals surface area contributed by atoms with E-state index < -0.39 is 5.97 Å². The van der Waals surface area contributed by atoms with E-state index in [4.69, 9.17) is 4.74 Å². The van der Waals surface area contributed by atoms with Crippen molar-refractivity contribution in [3.8, 4) is 11.1 Å². The second-order valence-electron chi connectivity index (χ2n) is 8.28. The molecule has 3 aromatic rings. The molecule has 0 radical (unpaired) electrons. The molecule has 1 saturated carbocycles. The number of methoxy groups -OCH3 is 1. The molecule has 1 amide bonds. The molecule has 1 aliphatic carbocycles. The second kappa shape index (κ2) is 10.5. The van der Waals surface area contributed by atoms with E-state index in [0.29, 0.717) is 16.5 Å². The van der Waals surface area contributed by atoms with Crippen LogP contribution in [0.4, 0.5) is 5.00 Å². The lowest BCUT2D eigenvalue weighted by atomic mass is 9.89. The van der Waals surface area contributed by atoms with Crippen LogP contribution in [0, 0.1) is 6.92 Å². The van der Waals surface area contributed by atoms with Gasteiger partial charge in [0.15, 0.2) is 5.16 Å². The van der Waals surface area contributed by atoms with Crippen molar-refractivity contribution < 1.29 is 14.3 Å². The number of thioether (sulfide) groups is 1. The van der Waals surface area contributed by atoms with Gasteiger partial charge in [0.25, 0.3) is 0 Å². The number of nitrogens with zero attached hydrogens (tertiary/aromatic N) is 3. The third-order valence-electron chi connectivity index (χ3n) is 5.97. The molecule has 0 bridgehead atoms. The predicted molar refractivity (Wildman–Crippen MR) is 132 cm³/mol. The third kappa shape index (κ3) is 5.30. The topological polar surface area (TPSA) is 86.1 Å². The Kier molecular flexibility index (Phi) is 7.49. The van der Waals surface area contributed by atoms with Crippen molar-refractivity contribution in [3.05, 3.63) is 46.6 Å². The lowest BCUT2D eigenvalue weighted by molar-refractivity contribution is -0.113. The van der Waals surface area contributed by atoms with Crippen molar-refractivity contribution in [3.63, 3.8) is 0 Å². The first kappa shape index (κ1) is 23.5. The number of carbonyl (C=O) groups excluding carboxylic acids is 2. The maximum absolute atomic E-state index is 12.7. The molecule has 174 valence electrons. The summed E-state index contributed by atoms with van der Waals surface area (Å²) in [6, 6.07) is 7.91. The van der Waals surface area contributed by atoms with Crippen LogP contribution in [-0.2, 0) is 16.6 Å². The fourth-order valence-electron chi connectivity index (χ4n) is 4.16. The van der Waals surface area contributed by atoms with Gasteiger partial charge in [0.05, 0.1) is 12.9 Å². The van der Waals surface area contributed by atoms with E-state index >= 15 is 0 Å².